The Morgan fingerprint density at radius 3 is 2.28 bits per heavy atom. The maximum absolute atomic E-state index is 13.1. The van der Waals surface area contributed by atoms with Gasteiger partial charge in [0.15, 0.2) is 5.78 Å². The van der Waals surface area contributed by atoms with Gasteiger partial charge in [0.05, 0.1) is 0 Å². The Kier molecular flexibility index (Phi) is 5.00. The van der Waals surface area contributed by atoms with Gasteiger partial charge in [-0.05, 0) is 65.4 Å². The summed E-state index contributed by atoms with van der Waals surface area (Å²) in [5.41, 5.74) is 1.68. The molecule has 0 aliphatic rings. The van der Waals surface area contributed by atoms with E-state index in [1.54, 1.807) is 30.3 Å². The minimum atomic E-state index is -0.438. The van der Waals surface area contributed by atoms with Crippen LogP contribution in [0.15, 0.2) is 100 Å². The fraction of sp³-hybridized carbons (Fsp3) is 0.0370. The number of ketones is 1. The largest absolute Gasteiger partial charge is 0.489 e. The Morgan fingerprint density at radius 2 is 1.53 bits per heavy atom. The summed E-state index contributed by atoms with van der Waals surface area (Å²) in [5, 5.41) is 2.86. The van der Waals surface area contributed by atoms with Crippen LogP contribution in [0, 0.1) is 5.82 Å². The zero-order chi connectivity index (χ0) is 22.1. The monoisotopic (exact) mass is 424 g/mol. The topological polar surface area (TPSA) is 56.5 Å². The van der Waals surface area contributed by atoms with Crippen LogP contribution in [0.5, 0.6) is 5.75 Å². The van der Waals surface area contributed by atoms with Crippen LogP contribution >= 0.6 is 0 Å². The Balaban J connectivity index is 1.41. The van der Waals surface area contributed by atoms with Crippen LogP contribution in [0.1, 0.15) is 21.5 Å². The molecule has 4 aromatic carbocycles. The van der Waals surface area contributed by atoms with Gasteiger partial charge < -0.3 is 9.15 Å². The molecule has 0 bridgehead atoms. The molecule has 0 radical (unpaired) electrons. The standard InChI is InChI=1S/C27H17FO4/c28-21-10-5-18(6-11-21)27(30)19-7-12-22(13-8-19)31-16-20-15-25(29)32-24-14-9-17-3-1-2-4-23(17)26(20)24/h1-15H,16H2. The van der Waals surface area contributed by atoms with Crippen molar-refractivity contribution < 1.29 is 18.3 Å². The number of hydrogen-bond donors (Lipinski definition) is 0. The maximum atomic E-state index is 13.1. The lowest BCUT2D eigenvalue weighted by Gasteiger charge is -2.11. The van der Waals surface area contributed by atoms with Crippen molar-refractivity contribution in [2.24, 2.45) is 0 Å². The summed E-state index contributed by atoms with van der Waals surface area (Å²) in [6, 6.07) is 25.2. The van der Waals surface area contributed by atoms with Crippen molar-refractivity contribution in [2.45, 2.75) is 6.61 Å². The molecule has 0 amide bonds. The third-order valence-corrected chi connectivity index (χ3v) is 5.33. The smallest absolute Gasteiger partial charge is 0.336 e. The van der Waals surface area contributed by atoms with E-state index in [1.807, 2.05) is 30.3 Å². The van der Waals surface area contributed by atoms with Crippen molar-refractivity contribution in [1.82, 2.24) is 0 Å². The molecule has 0 aliphatic carbocycles. The number of ether oxygens (including phenoxy) is 1. The zero-order valence-electron chi connectivity index (χ0n) is 16.9. The Bertz CT molecular complexity index is 1500. The summed E-state index contributed by atoms with van der Waals surface area (Å²) in [6.45, 7) is 0.168. The number of carbonyl (C=O) groups is 1. The molecule has 5 rings (SSSR count). The average molecular weight is 424 g/mol. The van der Waals surface area contributed by atoms with Crippen LogP contribution in [-0.4, -0.2) is 5.78 Å². The molecular weight excluding hydrogens is 407 g/mol. The molecule has 0 unspecified atom stereocenters. The fourth-order valence-electron chi connectivity index (χ4n) is 3.77. The third kappa shape index (κ3) is 3.76. The summed E-state index contributed by atoms with van der Waals surface area (Å²) in [6.07, 6.45) is 0. The van der Waals surface area contributed by atoms with E-state index in [4.69, 9.17) is 9.15 Å². The van der Waals surface area contributed by atoms with E-state index in [-0.39, 0.29) is 18.2 Å². The van der Waals surface area contributed by atoms with E-state index in [1.165, 1.54) is 30.3 Å². The predicted octanol–water partition coefficient (Wildman–Crippen LogP) is 5.90. The van der Waals surface area contributed by atoms with Gasteiger partial charge in [0, 0.05) is 28.1 Å². The lowest BCUT2D eigenvalue weighted by atomic mass is 10.0. The van der Waals surface area contributed by atoms with Gasteiger partial charge in [-0.25, -0.2) is 9.18 Å². The van der Waals surface area contributed by atoms with Gasteiger partial charge in [0.25, 0.3) is 0 Å². The molecule has 5 aromatic rings. The van der Waals surface area contributed by atoms with E-state index in [2.05, 4.69) is 0 Å². The summed E-state index contributed by atoms with van der Waals surface area (Å²) in [7, 11) is 0. The second-order valence-corrected chi connectivity index (χ2v) is 7.40. The molecule has 0 aliphatic heterocycles. The molecular formula is C27H17FO4. The first-order chi connectivity index (χ1) is 15.6. The van der Waals surface area contributed by atoms with Gasteiger partial charge in [0.1, 0.15) is 23.8 Å². The highest BCUT2D eigenvalue weighted by atomic mass is 19.1. The number of rotatable bonds is 5. The van der Waals surface area contributed by atoms with Gasteiger partial charge >= 0.3 is 5.63 Å². The first kappa shape index (κ1) is 19.7. The molecule has 0 fully saturated rings. The second-order valence-electron chi connectivity index (χ2n) is 7.40. The molecule has 32 heavy (non-hydrogen) atoms. The van der Waals surface area contributed by atoms with Crippen molar-refractivity contribution in [3.8, 4) is 5.75 Å². The Morgan fingerprint density at radius 1 is 0.844 bits per heavy atom. The van der Waals surface area contributed by atoms with Crippen molar-refractivity contribution in [2.75, 3.05) is 0 Å². The highest BCUT2D eigenvalue weighted by Gasteiger charge is 2.12. The van der Waals surface area contributed by atoms with E-state index < -0.39 is 5.63 Å². The number of halogens is 1. The number of hydrogen-bond acceptors (Lipinski definition) is 4. The lowest BCUT2D eigenvalue weighted by Crippen LogP contribution is -2.05. The summed E-state index contributed by atoms with van der Waals surface area (Å²) < 4.78 is 24.4. The molecule has 0 atom stereocenters. The summed E-state index contributed by atoms with van der Waals surface area (Å²) >= 11 is 0. The van der Waals surface area contributed by atoms with Gasteiger partial charge in [-0.15, -0.1) is 0 Å². The molecule has 4 nitrogen and oxygen atoms in total. The normalized spacial score (nSPS) is 11.0. The van der Waals surface area contributed by atoms with Crippen LogP contribution in [-0.2, 0) is 6.61 Å². The van der Waals surface area contributed by atoms with Crippen LogP contribution in [0.2, 0.25) is 0 Å². The Hall–Kier alpha value is -4.25. The fourth-order valence-corrected chi connectivity index (χ4v) is 3.77. The SMILES string of the molecule is O=C(c1ccc(F)cc1)c1ccc(OCc2cc(=O)oc3ccc4ccccc4c23)cc1. The highest BCUT2D eigenvalue weighted by molar-refractivity contribution is 6.09. The lowest BCUT2D eigenvalue weighted by molar-refractivity contribution is 0.103. The van der Waals surface area contributed by atoms with Crippen LogP contribution in [0.3, 0.4) is 0 Å². The molecule has 0 spiro atoms. The van der Waals surface area contributed by atoms with Crippen LogP contribution in [0.4, 0.5) is 4.39 Å². The van der Waals surface area contributed by atoms with Crippen LogP contribution in [0.25, 0.3) is 21.7 Å². The maximum Gasteiger partial charge on any atom is 0.336 e. The van der Waals surface area contributed by atoms with Gasteiger partial charge in [-0.3, -0.25) is 4.79 Å². The van der Waals surface area contributed by atoms with Crippen molar-refractivity contribution in [3.63, 3.8) is 0 Å². The quantitative estimate of drug-likeness (QED) is 0.200. The second kappa shape index (κ2) is 8.12. The zero-order valence-corrected chi connectivity index (χ0v) is 16.9. The van der Waals surface area contributed by atoms with E-state index in [0.29, 0.717) is 22.5 Å². The molecule has 5 heteroatoms. The molecule has 1 aromatic heterocycles. The molecule has 0 saturated carbocycles. The highest BCUT2D eigenvalue weighted by Crippen LogP contribution is 2.28. The number of fused-ring (bicyclic) bond motifs is 3. The van der Waals surface area contributed by atoms with Gasteiger partial charge in [0.2, 0.25) is 0 Å². The van der Waals surface area contributed by atoms with Gasteiger partial charge in [-0.1, -0.05) is 30.3 Å². The first-order valence-electron chi connectivity index (χ1n) is 10.1. The van der Waals surface area contributed by atoms with Crippen molar-refractivity contribution >= 4 is 27.5 Å². The summed E-state index contributed by atoms with van der Waals surface area (Å²) in [4.78, 5) is 24.6. The molecule has 1 heterocycles. The number of benzene rings is 4. The number of carbonyl (C=O) groups excluding carboxylic acids is 1. The third-order valence-electron chi connectivity index (χ3n) is 5.33. The minimum Gasteiger partial charge on any atom is -0.489 e. The predicted molar refractivity (Wildman–Crippen MR) is 121 cm³/mol. The van der Waals surface area contributed by atoms with E-state index in [0.717, 1.165) is 21.7 Å². The van der Waals surface area contributed by atoms with Crippen molar-refractivity contribution in [1.29, 1.82) is 0 Å². The molecule has 0 saturated heterocycles. The van der Waals surface area contributed by atoms with Gasteiger partial charge in [-0.2, -0.15) is 0 Å². The molecule has 156 valence electrons. The molecule has 0 N–H and O–H groups in total. The first-order valence-corrected chi connectivity index (χ1v) is 10.1. The minimum absolute atomic E-state index is 0.168. The Labute approximate surface area is 182 Å². The van der Waals surface area contributed by atoms with E-state index >= 15 is 0 Å². The van der Waals surface area contributed by atoms with Crippen LogP contribution < -0.4 is 10.4 Å². The van der Waals surface area contributed by atoms with Crippen molar-refractivity contribution in [3.05, 3.63) is 124 Å². The average Bonchev–Trinajstić information content (AvgIpc) is 2.82. The summed E-state index contributed by atoms with van der Waals surface area (Å²) in [5.74, 6) is -0.0301. The van der Waals surface area contributed by atoms with E-state index in [9.17, 15) is 14.0 Å².